The number of imidazole rings is 1. The van der Waals surface area contributed by atoms with Crippen LogP contribution in [0.4, 0.5) is 5.82 Å². The first kappa shape index (κ1) is 27.9. The summed E-state index contributed by atoms with van der Waals surface area (Å²) in [6, 6.07) is 8.04. The molecule has 38 heavy (non-hydrogen) atoms. The summed E-state index contributed by atoms with van der Waals surface area (Å²) in [5.41, 5.74) is 4.90. The Morgan fingerprint density at radius 3 is 2.79 bits per heavy atom. The number of nitrogens with one attached hydrogen (secondary N) is 1. The van der Waals surface area contributed by atoms with Crippen molar-refractivity contribution in [2.75, 3.05) is 12.3 Å². The van der Waals surface area contributed by atoms with Gasteiger partial charge in [-0.1, -0.05) is 24.1 Å². The van der Waals surface area contributed by atoms with Gasteiger partial charge in [0.05, 0.1) is 25.1 Å². The van der Waals surface area contributed by atoms with Gasteiger partial charge in [0, 0.05) is 6.42 Å². The van der Waals surface area contributed by atoms with Crippen LogP contribution in [0.15, 0.2) is 43.0 Å². The first-order valence-electron chi connectivity index (χ1n) is 11.8. The van der Waals surface area contributed by atoms with Crippen LogP contribution in [-0.4, -0.2) is 61.1 Å². The molecular formula is C24H29N6O6PS. The third-order valence-electron chi connectivity index (χ3n) is 5.61. The molecule has 3 aromatic rings. The first-order valence-corrected chi connectivity index (χ1v) is 14.4. The maximum absolute atomic E-state index is 12.4. The largest absolute Gasteiger partial charge is 0.462 e. The normalized spacial score (nSPS) is 23.6. The monoisotopic (exact) mass is 560 g/mol. The van der Waals surface area contributed by atoms with E-state index >= 15 is 0 Å². The Morgan fingerprint density at radius 1 is 1.37 bits per heavy atom. The zero-order valence-corrected chi connectivity index (χ0v) is 22.8. The molecule has 0 bridgehead atoms. The fraction of sp³-hybridized carbons (Fsp3) is 0.417. The van der Waals surface area contributed by atoms with Crippen LogP contribution in [0.3, 0.4) is 0 Å². The van der Waals surface area contributed by atoms with E-state index in [2.05, 4.69) is 26.0 Å². The Kier molecular flexibility index (Phi) is 8.32. The number of para-hydroxylation sites is 1. The smallest absolute Gasteiger partial charge is 0.323 e. The van der Waals surface area contributed by atoms with Gasteiger partial charge in [0.25, 0.3) is 0 Å². The second-order valence-corrected chi connectivity index (χ2v) is 12.1. The van der Waals surface area contributed by atoms with Crippen LogP contribution < -0.4 is 15.3 Å². The third kappa shape index (κ3) is 6.13. The van der Waals surface area contributed by atoms with E-state index in [0.29, 0.717) is 16.9 Å². The zero-order valence-electron chi connectivity index (χ0n) is 21.1. The molecule has 1 fully saturated rings. The Morgan fingerprint density at radius 2 is 2.11 bits per heavy atom. The highest BCUT2D eigenvalue weighted by molar-refractivity contribution is 8.09. The molecule has 14 heteroatoms. The lowest BCUT2D eigenvalue weighted by atomic mass is 9.99. The third-order valence-corrected chi connectivity index (χ3v) is 8.11. The van der Waals surface area contributed by atoms with Gasteiger partial charge in [0.2, 0.25) is 0 Å². The van der Waals surface area contributed by atoms with Crippen molar-refractivity contribution < 1.29 is 28.4 Å². The van der Waals surface area contributed by atoms with Crippen molar-refractivity contribution in [3.63, 3.8) is 0 Å². The van der Waals surface area contributed by atoms with E-state index in [9.17, 15) is 9.90 Å². The van der Waals surface area contributed by atoms with Gasteiger partial charge in [0.15, 0.2) is 23.3 Å². The molecule has 0 radical (unpaired) electrons. The molecular weight excluding hydrogens is 531 g/mol. The lowest BCUT2D eigenvalue weighted by molar-refractivity contribution is -0.149. The van der Waals surface area contributed by atoms with Crippen LogP contribution in [-0.2, 0) is 30.6 Å². The predicted molar refractivity (Wildman–Crippen MR) is 143 cm³/mol. The number of nitrogen functional groups attached to an aromatic ring is 1. The topological polar surface area (TPSA) is 156 Å². The first-order chi connectivity index (χ1) is 18.0. The lowest BCUT2D eigenvalue weighted by Crippen LogP contribution is -2.36. The minimum Gasteiger partial charge on any atom is -0.462 e. The quantitative estimate of drug-likeness (QED) is 0.189. The number of hydrogen-bond acceptors (Lipinski definition) is 11. The molecule has 202 valence electrons. The Labute approximate surface area is 225 Å². The number of rotatable bonds is 10. The van der Waals surface area contributed by atoms with Crippen molar-refractivity contribution in [3.8, 4) is 18.1 Å². The van der Waals surface area contributed by atoms with E-state index in [1.165, 1.54) is 17.2 Å². The molecule has 4 N–H and O–H groups in total. The second-order valence-electron chi connectivity index (χ2n) is 9.00. The van der Waals surface area contributed by atoms with Crippen LogP contribution >= 0.6 is 6.64 Å². The van der Waals surface area contributed by atoms with Crippen molar-refractivity contribution >= 4 is 41.4 Å². The molecule has 4 rings (SSSR count). The number of fused-ring (bicyclic) bond motifs is 1. The average molecular weight is 561 g/mol. The van der Waals surface area contributed by atoms with Crippen LogP contribution in [0, 0.1) is 12.3 Å². The highest BCUT2D eigenvalue weighted by atomic mass is 32.5. The number of nitrogens with zero attached hydrogens (tertiary/aromatic N) is 4. The molecule has 1 aliphatic rings. The van der Waals surface area contributed by atoms with Gasteiger partial charge < -0.3 is 29.4 Å². The highest BCUT2D eigenvalue weighted by Gasteiger charge is 2.49. The van der Waals surface area contributed by atoms with E-state index in [1.54, 1.807) is 45.0 Å². The number of ether oxygens (including phenoxy) is 2. The lowest BCUT2D eigenvalue weighted by Gasteiger charge is -2.27. The van der Waals surface area contributed by atoms with E-state index in [-0.39, 0.29) is 24.9 Å². The van der Waals surface area contributed by atoms with Gasteiger partial charge >= 0.3 is 12.6 Å². The number of aliphatic hydroxyl groups is 1. The van der Waals surface area contributed by atoms with Gasteiger partial charge in [-0.3, -0.25) is 9.36 Å². The Balaban J connectivity index is 1.53. The molecule has 2 aromatic heterocycles. The average Bonchev–Trinajstić information content (AvgIpc) is 3.45. The van der Waals surface area contributed by atoms with Gasteiger partial charge in [-0.15, -0.1) is 6.42 Å². The molecule has 5 atom stereocenters. The van der Waals surface area contributed by atoms with Crippen LogP contribution in [0.1, 0.15) is 33.4 Å². The van der Waals surface area contributed by atoms with Crippen LogP contribution in [0.25, 0.3) is 11.2 Å². The van der Waals surface area contributed by atoms with Crippen molar-refractivity contribution in [3.05, 3.63) is 43.0 Å². The summed E-state index contributed by atoms with van der Waals surface area (Å²) in [6.07, 6.45) is 6.44. The summed E-state index contributed by atoms with van der Waals surface area (Å²) in [5.74, 6) is 2.56. The van der Waals surface area contributed by atoms with Gasteiger partial charge in [0.1, 0.15) is 23.6 Å². The van der Waals surface area contributed by atoms with E-state index < -0.39 is 36.6 Å². The molecule has 1 unspecified atom stereocenters. The van der Waals surface area contributed by atoms with Crippen LogP contribution in [0.5, 0.6) is 5.75 Å². The second kappa shape index (κ2) is 11.3. The van der Waals surface area contributed by atoms with Gasteiger partial charge in [-0.25, -0.2) is 20.0 Å². The highest BCUT2D eigenvalue weighted by Crippen LogP contribution is 2.47. The van der Waals surface area contributed by atoms with E-state index in [4.69, 9.17) is 42.5 Å². The minimum absolute atomic E-state index is 0.0278. The predicted octanol–water partition coefficient (Wildman–Crippen LogP) is 2.31. The number of carbonyl (C=O) groups excluding carboxylic acids is 1. The SMILES string of the molecule is C#C[C@@]1(O)C[C@@H](COP(=S)(N[C@@H](C)C(=O)OC(C)C)Oc2ccccc2)O[C@H]1n1cnc2c(N)ncnc21. The summed E-state index contributed by atoms with van der Waals surface area (Å²) in [4.78, 5) is 24.8. The number of hydrogen-bond donors (Lipinski definition) is 3. The zero-order chi connectivity index (χ0) is 27.5. The molecule has 1 aliphatic heterocycles. The minimum atomic E-state index is -3.31. The maximum Gasteiger partial charge on any atom is 0.323 e. The van der Waals surface area contributed by atoms with Crippen molar-refractivity contribution in [2.45, 2.75) is 57.3 Å². The van der Waals surface area contributed by atoms with Crippen molar-refractivity contribution in [1.82, 2.24) is 24.6 Å². The fourth-order valence-electron chi connectivity index (χ4n) is 3.87. The van der Waals surface area contributed by atoms with Gasteiger partial charge in [-0.2, -0.15) is 0 Å². The number of anilines is 1. The van der Waals surface area contributed by atoms with E-state index in [0.717, 1.165) is 0 Å². The molecule has 0 spiro atoms. The van der Waals surface area contributed by atoms with Crippen LogP contribution in [0.2, 0.25) is 0 Å². The molecule has 1 aromatic carbocycles. The summed E-state index contributed by atoms with van der Waals surface area (Å²) in [5, 5.41) is 14.2. The molecule has 12 nitrogen and oxygen atoms in total. The number of benzene rings is 1. The molecule has 1 saturated heterocycles. The number of carbonyl (C=O) groups is 1. The number of nitrogens with two attached hydrogens (primary N) is 1. The number of aromatic nitrogens is 4. The summed E-state index contributed by atoms with van der Waals surface area (Å²) in [6.45, 7) is 1.72. The maximum atomic E-state index is 12.4. The summed E-state index contributed by atoms with van der Waals surface area (Å²) < 4.78 is 25.0. The number of terminal acetylenes is 1. The summed E-state index contributed by atoms with van der Waals surface area (Å²) in [7, 11) is 0. The van der Waals surface area contributed by atoms with Crippen molar-refractivity contribution in [2.24, 2.45) is 0 Å². The molecule has 0 aliphatic carbocycles. The molecule has 0 amide bonds. The molecule has 3 heterocycles. The van der Waals surface area contributed by atoms with Crippen molar-refractivity contribution in [1.29, 1.82) is 0 Å². The fourth-order valence-corrected chi connectivity index (χ4v) is 6.31. The van der Waals surface area contributed by atoms with E-state index in [1.807, 2.05) is 6.07 Å². The summed E-state index contributed by atoms with van der Waals surface area (Å²) >= 11 is 5.74. The number of esters is 1. The van der Waals surface area contributed by atoms with Gasteiger partial charge in [-0.05, 0) is 44.7 Å². The standard InChI is InChI=1S/C24H29N6O6PS/c1-5-24(32)11-18(35-23(24)30-14-28-19-20(25)26-13-27-21(19)30)12-33-37(38,36-17-9-7-6-8-10-17)29-16(4)22(31)34-15(2)3/h1,6-10,13-16,18,23,32H,11-12H2,2-4H3,(H,29,38)(H2,25,26,27)/t16-,18-,23+,24+,37?/m0/s1. The molecule has 0 saturated carbocycles. The Bertz CT molecular complexity index is 1380. The Hall–Kier alpha value is -3.11.